The van der Waals surface area contributed by atoms with E-state index in [1.165, 1.54) is 23.4 Å². The van der Waals surface area contributed by atoms with Crippen LogP contribution < -0.4 is 5.32 Å². The molecule has 1 aromatic heterocycles. The molecule has 16 heavy (non-hydrogen) atoms. The summed E-state index contributed by atoms with van der Waals surface area (Å²) in [6.07, 6.45) is 4.20. The van der Waals surface area contributed by atoms with Gasteiger partial charge in [-0.1, -0.05) is 6.92 Å². The molecule has 0 radical (unpaired) electrons. The van der Waals surface area contributed by atoms with E-state index in [0.29, 0.717) is 6.42 Å². The van der Waals surface area contributed by atoms with Crippen LogP contribution in [0.1, 0.15) is 35.3 Å². The molecule has 0 aliphatic heterocycles. The molecule has 1 unspecified atom stereocenters. The highest BCUT2D eigenvalue weighted by Gasteiger charge is 2.19. The van der Waals surface area contributed by atoms with Gasteiger partial charge in [-0.2, -0.15) is 0 Å². The molecule has 2 rings (SSSR count). The molecule has 1 aromatic rings. The molecule has 0 fully saturated rings. The lowest BCUT2D eigenvalue weighted by atomic mass is 9.93. The topological polar surface area (TPSA) is 24.9 Å². The Kier molecular flexibility index (Phi) is 4.29. The van der Waals surface area contributed by atoms with E-state index in [9.17, 15) is 4.39 Å². The number of halogens is 1. The molecule has 0 bridgehead atoms. The van der Waals surface area contributed by atoms with Crippen LogP contribution in [0, 0.1) is 5.92 Å². The number of alkyl halides is 1. The Bertz CT molecular complexity index is 338. The molecule has 0 spiro atoms. The summed E-state index contributed by atoms with van der Waals surface area (Å²) >= 11 is 1.83. The normalized spacial score (nSPS) is 19.8. The van der Waals surface area contributed by atoms with Crippen molar-refractivity contribution >= 4 is 11.3 Å². The molecule has 0 saturated carbocycles. The van der Waals surface area contributed by atoms with Crippen LogP contribution in [0.4, 0.5) is 4.39 Å². The lowest BCUT2D eigenvalue weighted by Gasteiger charge is -2.15. The fourth-order valence-electron chi connectivity index (χ4n) is 2.06. The van der Waals surface area contributed by atoms with E-state index in [1.54, 1.807) is 0 Å². The summed E-state index contributed by atoms with van der Waals surface area (Å²) in [6, 6.07) is 0. The largest absolute Gasteiger partial charge is 0.310 e. The Morgan fingerprint density at radius 2 is 2.44 bits per heavy atom. The molecular weight excluding hydrogens is 223 g/mol. The first-order valence-electron chi connectivity index (χ1n) is 6.03. The summed E-state index contributed by atoms with van der Waals surface area (Å²) in [6.45, 7) is 3.61. The summed E-state index contributed by atoms with van der Waals surface area (Å²) < 4.78 is 11.9. The summed E-state index contributed by atoms with van der Waals surface area (Å²) in [7, 11) is 0. The Balaban J connectivity index is 1.87. The van der Waals surface area contributed by atoms with Gasteiger partial charge in [-0.3, -0.25) is 4.39 Å². The molecule has 4 heteroatoms. The van der Waals surface area contributed by atoms with E-state index < -0.39 is 0 Å². The van der Waals surface area contributed by atoms with Crippen LogP contribution in [0.2, 0.25) is 0 Å². The van der Waals surface area contributed by atoms with Gasteiger partial charge in [-0.05, 0) is 38.1 Å². The molecule has 2 nitrogen and oxygen atoms in total. The van der Waals surface area contributed by atoms with Gasteiger partial charge in [0.1, 0.15) is 5.01 Å². The molecule has 1 N–H and O–H groups in total. The minimum atomic E-state index is -0.237. The van der Waals surface area contributed by atoms with Gasteiger partial charge in [-0.15, -0.1) is 11.3 Å². The van der Waals surface area contributed by atoms with E-state index in [2.05, 4.69) is 17.2 Å². The molecular formula is C12H19FN2S. The average molecular weight is 242 g/mol. The van der Waals surface area contributed by atoms with Crippen molar-refractivity contribution in [3.05, 3.63) is 15.6 Å². The van der Waals surface area contributed by atoms with Crippen LogP contribution in [-0.4, -0.2) is 18.2 Å². The molecule has 1 atom stereocenters. The number of fused-ring (bicyclic) bond motifs is 1. The summed E-state index contributed by atoms with van der Waals surface area (Å²) in [5.74, 6) is 0.806. The third-order valence-corrected chi connectivity index (χ3v) is 4.11. The van der Waals surface area contributed by atoms with Gasteiger partial charge in [-0.25, -0.2) is 4.98 Å². The van der Waals surface area contributed by atoms with Gasteiger partial charge in [0.15, 0.2) is 0 Å². The van der Waals surface area contributed by atoms with Gasteiger partial charge >= 0.3 is 0 Å². The zero-order chi connectivity index (χ0) is 11.4. The number of thiazole rings is 1. The van der Waals surface area contributed by atoms with Crippen molar-refractivity contribution < 1.29 is 4.39 Å². The lowest BCUT2D eigenvalue weighted by Crippen LogP contribution is -2.15. The fourth-order valence-corrected chi connectivity index (χ4v) is 3.30. The fraction of sp³-hybridized carbons (Fsp3) is 0.750. The highest BCUT2D eigenvalue weighted by atomic mass is 32.1. The maximum absolute atomic E-state index is 11.9. The average Bonchev–Trinajstić information content (AvgIpc) is 2.66. The Hall–Kier alpha value is -0.480. The maximum Gasteiger partial charge on any atom is 0.107 e. The zero-order valence-corrected chi connectivity index (χ0v) is 10.6. The van der Waals surface area contributed by atoms with Crippen molar-refractivity contribution in [1.29, 1.82) is 0 Å². The van der Waals surface area contributed by atoms with Gasteiger partial charge in [0.25, 0.3) is 0 Å². The van der Waals surface area contributed by atoms with Crippen LogP contribution in [0.5, 0.6) is 0 Å². The van der Waals surface area contributed by atoms with Crippen molar-refractivity contribution in [3.8, 4) is 0 Å². The second-order valence-electron chi connectivity index (χ2n) is 4.54. The zero-order valence-electron chi connectivity index (χ0n) is 9.76. The van der Waals surface area contributed by atoms with Gasteiger partial charge in [0.05, 0.1) is 12.4 Å². The summed E-state index contributed by atoms with van der Waals surface area (Å²) in [5.41, 5.74) is 1.31. The van der Waals surface area contributed by atoms with Crippen molar-refractivity contribution in [2.45, 2.75) is 39.2 Å². The monoisotopic (exact) mass is 242 g/mol. The second kappa shape index (κ2) is 5.73. The minimum Gasteiger partial charge on any atom is -0.310 e. The summed E-state index contributed by atoms with van der Waals surface area (Å²) in [4.78, 5) is 6.12. The number of rotatable bonds is 5. The Morgan fingerprint density at radius 1 is 1.56 bits per heavy atom. The molecule has 1 aliphatic carbocycles. The summed E-state index contributed by atoms with van der Waals surface area (Å²) in [5, 5.41) is 4.40. The second-order valence-corrected chi connectivity index (χ2v) is 5.71. The van der Waals surface area contributed by atoms with Gasteiger partial charge in [0.2, 0.25) is 0 Å². The lowest BCUT2D eigenvalue weighted by molar-refractivity contribution is 0.459. The van der Waals surface area contributed by atoms with Crippen molar-refractivity contribution in [1.82, 2.24) is 10.3 Å². The first-order valence-corrected chi connectivity index (χ1v) is 6.85. The number of aryl methyl sites for hydroxylation is 1. The third-order valence-electron chi connectivity index (χ3n) is 2.99. The first kappa shape index (κ1) is 12.0. The molecule has 1 aliphatic rings. The first-order chi connectivity index (χ1) is 7.79. The number of hydrogen-bond donors (Lipinski definition) is 1. The quantitative estimate of drug-likeness (QED) is 0.803. The highest BCUT2D eigenvalue weighted by molar-refractivity contribution is 7.11. The molecule has 90 valence electrons. The Labute approximate surface area is 100 Å². The number of hydrogen-bond acceptors (Lipinski definition) is 3. The van der Waals surface area contributed by atoms with Gasteiger partial charge < -0.3 is 5.32 Å². The van der Waals surface area contributed by atoms with Crippen molar-refractivity contribution in [2.24, 2.45) is 5.92 Å². The predicted octanol–water partition coefficient (Wildman–Crippen LogP) is 2.72. The maximum atomic E-state index is 11.9. The minimum absolute atomic E-state index is 0.237. The Morgan fingerprint density at radius 3 is 3.25 bits per heavy atom. The van der Waals surface area contributed by atoms with Crippen LogP contribution in [-0.2, 0) is 19.4 Å². The van der Waals surface area contributed by atoms with Crippen LogP contribution in [0.15, 0.2) is 0 Å². The van der Waals surface area contributed by atoms with Crippen LogP contribution in [0.3, 0.4) is 0 Å². The number of nitrogens with zero attached hydrogens (tertiary/aromatic N) is 1. The third kappa shape index (κ3) is 3.01. The van der Waals surface area contributed by atoms with E-state index in [0.717, 1.165) is 30.4 Å². The van der Waals surface area contributed by atoms with Crippen molar-refractivity contribution in [3.63, 3.8) is 0 Å². The number of aromatic nitrogens is 1. The molecule has 0 saturated heterocycles. The van der Waals surface area contributed by atoms with Crippen molar-refractivity contribution in [2.75, 3.05) is 13.2 Å². The van der Waals surface area contributed by atoms with E-state index >= 15 is 0 Å². The number of nitrogens with one attached hydrogen (secondary N) is 1. The smallest absolute Gasteiger partial charge is 0.107 e. The van der Waals surface area contributed by atoms with E-state index in [1.807, 2.05) is 11.3 Å². The van der Waals surface area contributed by atoms with Crippen LogP contribution >= 0.6 is 11.3 Å². The molecule has 1 heterocycles. The molecule has 0 aromatic carbocycles. The van der Waals surface area contributed by atoms with E-state index in [-0.39, 0.29) is 6.67 Å². The standard InChI is InChI=1S/C12H19FN2S/c1-9-3-4-10-11(7-9)16-12(15-10)8-14-6-2-5-13/h9,14H,2-8H2,1H3. The van der Waals surface area contributed by atoms with Crippen LogP contribution in [0.25, 0.3) is 0 Å². The SMILES string of the molecule is CC1CCc2nc(CNCCCF)sc2C1. The van der Waals surface area contributed by atoms with Gasteiger partial charge in [0, 0.05) is 11.4 Å². The molecule has 0 amide bonds. The predicted molar refractivity (Wildman–Crippen MR) is 65.6 cm³/mol. The van der Waals surface area contributed by atoms with E-state index in [4.69, 9.17) is 0 Å². The highest BCUT2D eigenvalue weighted by Crippen LogP contribution is 2.29.